The van der Waals surface area contributed by atoms with E-state index in [1.807, 2.05) is 0 Å². The zero-order chi connectivity index (χ0) is 12.4. The van der Waals surface area contributed by atoms with Gasteiger partial charge in [-0.15, -0.1) is 0 Å². The number of rotatable bonds is 3. The van der Waals surface area contributed by atoms with Gasteiger partial charge in [-0.25, -0.2) is 0 Å². The van der Waals surface area contributed by atoms with E-state index in [9.17, 15) is 4.79 Å². The molecule has 2 nitrogen and oxygen atoms in total. The third kappa shape index (κ3) is 2.33. The van der Waals surface area contributed by atoms with Crippen LogP contribution < -0.4 is 5.32 Å². The molecular weight excluding hydrogens is 222 g/mol. The molecule has 2 heteroatoms. The third-order valence-corrected chi connectivity index (χ3v) is 4.03. The quantitative estimate of drug-likeness (QED) is 0.809. The maximum Gasteiger partial charge on any atom is 0.221 e. The van der Waals surface area contributed by atoms with Crippen LogP contribution in [0, 0.1) is 5.92 Å². The molecule has 0 radical (unpaired) electrons. The van der Waals surface area contributed by atoms with Gasteiger partial charge in [0.05, 0.1) is 6.04 Å². The van der Waals surface area contributed by atoms with Crippen LogP contribution in [0.2, 0.25) is 0 Å². The van der Waals surface area contributed by atoms with Crippen molar-refractivity contribution in [3.63, 3.8) is 0 Å². The highest BCUT2D eigenvalue weighted by atomic mass is 16.1. The van der Waals surface area contributed by atoms with Gasteiger partial charge in [-0.2, -0.15) is 0 Å². The van der Waals surface area contributed by atoms with Gasteiger partial charge < -0.3 is 5.32 Å². The van der Waals surface area contributed by atoms with E-state index in [0.29, 0.717) is 12.3 Å². The smallest absolute Gasteiger partial charge is 0.221 e. The first kappa shape index (κ1) is 11.5. The molecule has 18 heavy (non-hydrogen) atoms. The monoisotopic (exact) mass is 241 g/mol. The first-order valence-corrected chi connectivity index (χ1v) is 6.87. The van der Waals surface area contributed by atoms with E-state index in [1.54, 1.807) is 0 Å². The molecule has 0 bridgehead atoms. The third-order valence-electron chi connectivity index (χ3n) is 4.03. The van der Waals surface area contributed by atoms with Gasteiger partial charge in [-0.3, -0.25) is 4.79 Å². The Morgan fingerprint density at radius 3 is 3.00 bits per heavy atom. The number of aryl methyl sites for hydroxylation is 1. The standard InChI is InChI=1S/C16H19NO/c18-16(11-12-5-1-2-6-12)17-15-10-9-13-7-3-4-8-14(13)15/h1,3-5,7-8,12,15H,2,6,9-11H2,(H,17,18). The molecule has 0 aromatic heterocycles. The summed E-state index contributed by atoms with van der Waals surface area (Å²) in [5, 5.41) is 3.19. The average molecular weight is 241 g/mol. The molecule has 1 amide bonds. The van der Waals surface area contributed by atoms with Gasteiger partial charge in [0.1, 0.15) is 0 Å². The number of hydrogen-bond donors (Lipinski definition) is 1. The first-order chi connectivity index (χ1) is 8.83. The van der Waals surface area contributed by atoms with E-state index in [2.05, 4.69) is 41.7 Å². The van der Waals surface area contributed by atoms with E-state index in [4.69, 9.17) is 0 Å². The normalized spacial score (nSPS) is 25.1. The van der Waals surface area contributed by atoms with E-state index in [-0.39, 0.29) is 11.9 Å². The summed E-state index contributed by atoms with van der Waals surface area (Å²) in [6.45, 7) is 0. The number of hydrogen-bond acceptors (Lipinski definition) is 1. The number of fused-ring (bicyclic) bond motifs is 1. The van der Waals surface area contributed by atoms with Crippen molar-refractivity contribution < 1.29 is 4.79 Å². The average Bonchev–Trinajstić information content (AvgIpc) is 3.00. The molecule has 1 N–H and O–H groups in total. The Morgan fingerprint density at radius 1 is 1.28 bits per heavy atom. The van der Waals surface area contributed by atoms with E-state index in [1.165, 1.54) is 11.1 Å². The Bertz CT molecular complexity index is 478. The molecule has 0 spiro atoms. The van der Waals surface area contributed by atoms with Gasteiger partial charge >= 0.3 is 0 Å². The van der Waals surface area contributed by atoms with Gasteiger partial charge in [0.15, 0.2) is 0 Å². The predicted octanol–water partition coefficient (Wildman–Crippen LogP) is 3.15. The van der Waals surface area contributed by atoms with E-state index >= 15 is 0 Å². The van der Waals surface area contributed by atoms with E-state index in [0.717, 1.165) is 25.7 Å². The minimum Gasteiger partial charge on any atom is -0.349 e. The second-order valence-corrected chi connectivity index (χ2v) is 5.33. The Hall–Kier alpha value is -1.57. The summed E-state index contributed by atoms with van der Waals surface area (Å²) < 4.78 is 0. The minimum atomic E-state index is 0.202. The van der Waals surface area contributed by atoms with Crippen LogP contribution in [0.25, 0.3) is 0 Å². The Labute approximate surface area is 108 Å². The molecule has 1 aromatic carbocycles. The topological polar surface area (TPSA) is 29.1 Å². The van der Waals surface area contributed by atoms with Crippen LogP contribution in [0.3, 0.4) is 0 Å². The summed E-state index contributed by atoms with van der Waals surface area (Å²) in [7, 11) is 0. The van der Waals surface area contributed by atoms with Gasteiger partial charge in [-0.1, -0.05) is 36.4 Å². The van der Waals surface area contributed by atoms with Crippen molar-refractivity contribution in [1.82, 2.24) is 5.32 Å². The molecule has 1 aromatic rings. The van der Waals surface area contributed by atoms with Crippen molar-refractivity contribution in [2.75, 3.05) is 0 Å². The van der Waals surface area contributed by atoms with Gasteiger partial charge in [0, 0.05) is 6.42 Å². The summed E-state index contributed by atoms with van der Waals surface area (Å²) in [5.74, 6) is 0.662. The van der Waals surface area contributed by atoms with Crippen LogP contribution in [0.15, 0.2) is 36.4 Å². The molecule has 0 fully saturated rings. The lowest BCUT2D eigenvalue weighted by atomic mass is 10.0. The van der Waals surface area contributed by atoms with Crippen molar-refractivity contribution in [3.05, 3.63) is 47.5 Å². The molecule has 94 valence electrons. The molecule has 2 aliphatic carbocycles. The molecule has 0 heterocycles. The zero-order valence-electron chi connectivity index (χ0n) is 10.6. The van der Waals surface area contributed by atoms with E-state index < -0.39 is 0 Å². The van der Waals surface area contributed by atoms with Crippen LogP contribution in [0.4, 0.5) is 0 Å². The number of nitrogens with one attached hydrogen (secondary N) is 1. The summed E-state index contributed by atoms with van der Waals surface area (Å²) >= 11 is 0. The van der Waals surface area contributed by atoms with Gasteiger partial charge in [0.25, 0.3) is 0 Å². The van der Waals surface area contributed by atoms with Crippen LogP contribution >= 0.6 is 0 Å². The summed E-state index contributed by atoms with van der Waals surface area (Å²) in [4.78, 5) is 12.0. The van der Waals surface area contributed by atoms with Gasteiger partial charge in [0.2, 0.25) is 5.91 Å². The Morgan fingerprint density at radius 2 is 2.17 bits per heavy atom. The van der Waals surface area contributed by atoms with Crippen LogP contribution in [0.1, 0.15) is 42.9 Å². The Balaban J connectivity index is 1.60. The molecular formula is C16H19NO. The molecule has 3 rings (SSSR count). The maximum absolute atomic E-state index is 12.0. The highest BCUT2D eigenvalue weighted by Crippen LogP contribution is 2.31. The SMILES string of the molecule is O=C(CC1C=CCC1)NC1CCc2ccccc21. The molecule has 0 saturated carbocycles. The number of allylic oxidation sites excluding steroid dienone is 2. The largest absolute Gasteiger partial charge is 0.349 e. The van der Waals surface area contributed by atoms with Crippen LogP contribution in [-0.4, -0.2) is 5.91 Å². The number of benzene rings is 1. The fraction of sp³-hybridized carbons (Fsp3) is 0.438. The number of amides is 1. The Kier molecular flexibility index (Phi) is 3.18. The van der Waals surface area contributed by atoms with Crippen molar-refractivity contribution in [3.8, 4) is 0 Å². The zero-order valence-corrected chi connectivity index (χ0v) is 10.6. The predicted molar refractivity (Wildman–Crippen MR) is 72.1 cm³/mol. The fourth-order valence-electron chi connectivity index (χ4n) is 3.06. The van der Waals surface area contributed by atoms with Crippen molar-refractivity contribution >= 4 is 5.91 Å². The van der Waals surface area contributed by atoms with Crippen molar-refractivity contribution in [2.24, 2.45) is 5.92 Å². The lowest BCUT2D eigenvalue weighted by molar-refractivity contribution is -0.122. The lowest BCUT2D eigenvalue weighted by Gasteiger charge is -2.15. The molecule has 0 saturated heterocycles. The highest BCUT2D eigenvalue weighted by molar-refractivity contribution is 5.77. The molecule has 2 unspecified atom stereocenters. The minimum absolute atomic E-state index is 0.202. The second kappa shape index (κ2) is 4.97. The molecule has 2 atom stereocenters. The fourth-order valence-corrected chi connectivity index (χ4v) is 3.06. The summed E-state index contributed by atoms with van der Waals surface area (Å²) in [5.41, 5.74) is 2.70. The number of carbonyl (C=O) groups is 1. The van der Waals surface area contributed by atoms with Gasteiger partial charge in [-0.05, 0) is 42.7 Å². The van der Waals surface area contributed by atoms with Crippen molar-refractivity contribution in [1.29, 1.82) is 0 Å². The lowest BCUT2D eigenvalue weighted by Crippen LogP contribution is -2.28. The molecule has 2 aliphatic rings. The second-order valence-electron chi connectivity index (χ2n) is 5.33. The summed E-state index contributed by atoms with van der Waals surface area (Å²) in [6.07, 6.45) is 9.41. The maximum atomic E-state index is 12.0. The first-order valence-electron chi connectivity index (χ1n) is 6.87. The summed E-state index contributed by atoms with van der Waals surface area (Å²) in [6, 6.07) is 8.68. The van der Waals surface area contributed by atoms with Crippen LogP contribution in [0.5, 0.6) is 0 Å². The molecule has 0 aliphatic heterocycles. The number of carbonyl (C=O) groups excluding carboxylic acids is 1. The highest BCUT2D eigenvalue weighted by Gasteiger charge is 2.24. The van der Waals surface area contributed by atoms with Crippen molar-refractivity contribution in [2.45, 2.75) is 38.1 Å². The van der Waals surface area contributed by atoms with Crippen LogP contribution in [-0.2, 0) is 11.2 Å².